The van der Waals surface area contributed by atoms with Crippen LogP contribution in [0.25, 0.3) is 0 Å². The van der Waals surface area contributed by atoms with Crippen LogP contribution in [0.4, 0.5) is 4.39 Å². The van der Waals surface area contributed by atoms with E-state index in [0.29, 0.717) is 12.0 Å². The number of carbonyl (C=O) groups excluding carboxylic acids is 1. The zero-order chi connectivity index (χ0) is 12.3. The van der Waals surface area contributed by atoms with E-state index in [1.165, 1.54) is 13.2 Å². The number of allylic oxidation sites excluding steroid dienone is 1. The topological polar surface area (TPSA) is 46.5 Å². The second-order valence-electron chi connectivity index (χ2n) is 3.59. The molecule has 86 valence electrons. The summed E-state index contributed by atoms with van der Waals surface area (Å²) in [5, 5.41) is 9.76. The van der Waals surface area contributed by atoms with E-state index in [4.69, 9.17) is 0 Å². The molecule has 0 atom stereocenters. The fourth-order valence-electron chi connectivity index (χ4n) is 1.38. The predicted octanol–water partition coefficient (Wildman–Crippen LogP) is 2.44. The monoisotopic (exact) mass is 224 g/mol. The Morgan fingerprint density at radius 3 is 2.69 bits per heavy atom. The molecule has 0 aliphatic rings. The molecule has 0 saturated heterocycles. The Kier molecular flexibility index (Phi) is 3.66. The third kappa shape index (κ3) is 2.59. The molecule has 1 N–H and O–H groups in total. The average Bonchev–Trinajstić information content (AvgIpc) is 2.21. The van der Waals surface area contributed by atoms with E-state index in [1.807, 2.05) is 0 Å². The van der Waals surface area contributed by atoms with E-state index in [1.54, 1.807) is 6.92 Å². The van der Waals surface area contributed by atoms with Crippen molar-refractivity contribution >= 4 is 5.97 Å². The predicted molar refractivity (Wildman–Crippen MR) is 57.9 cm³/mol. The summed E-state index contributed by atoms with van der Waals surface area (Å²) in [6.07, 6.45) is 0.313. The van der Waals surface area contributed by atoms with Crippen molar-refractivity contribution in [2.24, 2.45) is 0 Å². The maximum absolute atomic E-state index is 13.2. The highest BCUT2D eigenvalue weighted by atomic mass is 19.1. The summed E-state index contributed by atoms with van der Waals surface area (Å²) in [6.45, 7) is 5.42. The molecule has 0 amide bonds. The van der Waals surface area contributed by atoms with Gasteiger partial charge in [-0.2, -0.15) is 0 Å². The Hall–Kier alpha value is -1.84. The summed E-state index contributed by atoms with van der Waals surface area (Å²) in [7, 11) is 1.17. The van der Waals surface area contributed by atoms with Crippen LogP contribution in [0.15, 0.2) is 24.3 Å². The van der Waals surface area contributed by atoms with Crippen LogP contribution in [0.2, 0.25) is 0 Å². The minimum atomic E-state index is -0.764. The van der Waals surface area contributed by atoms with Gasteiger partial charge < -0.3 is 9.84 Å². The zero-order valence-electron chi connectivity index (χ0n) is 9.21. The van der Waals surface area contributed by atoms with E-state index < -0.39 is 11.8 Å². The highest BCUT2D eigenvalue weighted by molar-refractivity contribution is 5.92. The van der Waals surface area contributed by atoms with Crippen LogP contribution in [0, 0.1) is 5.82 Å². The SMILES string of the molecule is C=C(C)Cc1cc(F)cc(C(=O)OC)c1O. The van der Waals surface area contributed by atoms with Crippen LogP contribution in [-0.4, -0.2) is 18.2 Å². The van der Waals surface area contributed by atoms with Crippen molar-refractivity contribution in [1.29, 1.82) is 0 Å². The van der Waals surface area contributed by atoms with Crippen LogP contribution < -0.4 is 0 Å². The third-order valence-electron chi connectivity index (χ3n) is 2.05. The number of carbonyl (C=O) groups is 1. The van der Waals surface area contributed by atoms with Crippen molar-refractivity contribution in [3.8, 4) is 5.75 Å². The summed E-state index contributed by atoms with van der Waals surface area (Å²) in [5.41, 5.74) is 0.920. The molecule has 3 nitrogen and oxygen atoms in total. The normalized spacial score (nSPS) is 9.94. The van der Waals surface area contributed by atoms with Crippen molar-refractivity contribution in [3.63, 3.8) is 0 Å². The second-order valence-corrected chi connectivity index (χ2v) is 3.59. The van der Waals surface area contributed by atoms with Gasteiger partial charge in [0, 0.05) is 5.56 Å². The first kappa shape index (κ1) is 12.2. The lowest BCUT2D eigenvalue weighted by Crippen LogP contribution is -2.04. The number of esters is 1. The molecule has 0 unspecified atom stereocenters. The Morgan fingerprint density at radius 1 is 1.56 bits per heavy atom. The molecular formula is C12H13FO3. The van der Waals surface area contributed by atoms with Gasteiger partial charge in [0.05, 0.1) is 7.11 Å². The number of ether oxygens (including phenoxy) is 1. The van der Waals surface area contributed by atoms with Crippen LogP contribution in [0.3, 0.4) is 0 Å². The van der Waals surface area contributed by atoms with E-state index in [9.17, 15) is 14.3 Å². The molecule has 1 aromatic carbocycles. The quantitative estimate of drug-likeness (QED) is 0.633. The average molecular weight is 224 g/mol. The van der Waals surface area contributed by atoms with Gasteiger partial charge >= 0.3 is 5.97 Å². The van der Waals surface area contributed by atoms with E-state index >= 15 is 0 Å². The van der Waals surface area contributed by atoms with E-state index in [-0.39, 0.29) is 11.3 Å². The first-order valence-corrected chi connectivity index (χ1v) is 4.69. The summed E-state index contributed by atoms with van der Waals surface area (Å²) < 4.78 is 17.7. The number of phenols is 1. The highest BCUT2D eigenvalue weighted by Gasteiger charge is 2.16. The summed E-state index contributed by atoms with van der Waals surface area (Å²) in [4.78, 5) is 11.3. The number of hydrogen-bond donors (Lipinski definition) is 1. The minimum absolute atomic E-state index is 0.168. The molecule has 0 aliphatic heterocycles. The van der Waals surface area contributed by atoms with Crippen molar-refractivity contribution in [2.75, 3.05) is 7.11 Å². The van der Waals surface area contributed by atoms with Gasteiger partial charge in [-0.05, 0) is 25.5 Å². The van der Waals surface area contributed by atoms with Crippen LogP contribution in [0.5, 0.6) is 5.75 Å². The molecule has 0 fully saturated rings. The molecule has 4 heteroatoms. The molecule has 1 aromatic rings. The molecule has 0 aromatic heterocycles. The van der Waals surface area contributed by atoms with Gasteiger partial charge in [0.1, 0.15) is 17.1 Å². The molecule has 1 rings (SSSR count). The van der Waals surface area contributed by atoms with Gasteiger partial charge in [-0.25, -0.2) is 9.18 Å². The van der Waals surface area contributed by atoms with Gasteiger partial charge in [0.2, 0.25) is 0 Å². The lowest BCUT2D eigenvalue weighted by atomic mass is 10.0. The Bertz CT molecular complexity index is 438. The molecule has 0 aliphatic carbocycles. The van der Waals surface area contributed by atoms with Crippen molar-refractivity contribution in [1.82, 2.24) is 0 Å². The van der Waals surface area contributed by atoms with Crippen molar-refractivity contribution in [3.05, 3.63) is 41.2 Å². The number of methoxy groups -OCH3 is 1. The summed E-state index contributed by atoms with van der Waals surface area (Å²) in [6, 6.07) is 2.12. The van der Waals surface area contributed by atoms with Crippen LogP contribution in [-0.2, 0) is 11.2 Å². The fraction of sp³-hybridized carbons (Fsp3) is 0.250. The molecule has 0 heterocycles. The molecule has 0 spiro atoms. The Labute approximate surface area is 93.2 Å². The summed E-state index contributed by atoms with van der Waals surface area (Å²) >= 11 is 0. The van der Waals surface area contributed by atoms with Crippen molar-refractivity contribution < 1.29 is 19.0 Å². The standard InChI is InChI=1S/C12H13FO3/c1-7(2)4-8-5-9(13)6-10(11(8)14)12(15)16-3/h5-6,14H,1,4H2,2-3H3. The van der Waals surface area contributed by atoms with E-state index in [2.05, 4.69) is 11.3 Å². The number of halogens is 1. The first-order valence-electron chi connectivity index (χ1n) is 4.69. The Balaban J connectivity index is 3.25. The smallest absolute Gasteiger partial charge is 0.341 e. The fourth-order valence-corrected chi connectivity index (χ4v) is 1.38. The van der Waals surface area contributed by atoms with Gasteiger partial charge in [-0.15, -0.1) is 0 Å². The first-order chi connectivity index (χ1) is 7.45. The van der Waals surface area contributed by atoms with Gasteiger partial charge in [-0.1, -0.05) is 12.2 Å². The zero-order valence-corrected chi connectivity index (χ0v) is 9.21. The maximum atomic E-state index is 13.2. The summed E-state index contributed by atoms with van der Waals surface area (Å²) in [5.74, 6) is -1.61. The maximum Gasteiger partial charge on any atom is 0.341 e. The number of benzene rings is 1. The van der Waals surface area contributed by atoms with Crippen molar-refractivity contribution in [2.45, 2.75) is 13.3 Å². The van der Waals surface area contributed by atoms with Gasteiger partial charge in [0.15, 0.2) is 0 Å². The molecule has 16 heavy (non-hydrogen) atoms. The number of hydrogen-bond acceptors (Lipinski definition) is 3. The second kappa shape index (κ2) is 4.79. The number of rotatable bonds is 3. The molecule has 0 radical (unpaired) electrons. The third-order valence-corrected chi connectivity index (χ3v) is 2.05. The highest BCUT2D eigenvalue weighted by Crippen LogP contribution is 2.26. The number of phenolic OH excluding ortho intramolecular Hbond substituents is 1. The van der Waals surface area contributed by atoms with Gasteiger partial charge in [0.25, 0.3) is 0 Å². The lowest BCUT2D eigenvalue weighted by Gasteiger charge is -2.08. The minimum Gasteiger partial charge on any atom is -0.507 e. The lowest BCUT2D eigenvalue weighted by molar-refractivity contribution is 0.0596. The Morgan fingerprint density at radius 2 is 2.19 bits per heavy atom. The van der Waals surface area contributed by atoms with Gasteiger partial charge in [-0.3, -0.25) is 0 Å². The molecular weight excluding hydrogens is 211 g/mol. The van der Waals surface area contributed by atoms with E-state index in [0.717, 1.165) is 11.6 Å². The number of aromatic hydroxyl groups is 1. The van der Waals surface area contributed by atoms with Crippen LogP contribution in [0.1, 0.15) is 22.8 Å². The molecule has 0 saturated carbocycles. The molecule has 0 bridgehead atoms. The van der Waals surface area contributed by atoms with Crippen LogP contribution >= 0.6 is 0 Å². The largest absolute Gasteiger partial charge is 0.507 e.